The van der Waals surface area contributed by atoms with E-state index in [9.17, 15) is 19.2 Å². The van der Waals surface area contributed by atoms with Gasteiger partial charge >= 0.3 is 0 Å². The Balaban J connectivity index is 1.66. The molecule has 11 nitrogen and oxygen atoms in total. The van der Waals surface area contributed by atoms with Gasteiger partial charge in [-0.3, -0.25) is 24.1 Å². The third-order valence-corrected chi connectivity index (χ3v) is 9.09. The maximum atomic E-state index is 14.4. The van der Waals surface area contributed by atoms with Crippen LogP contribution in [0.25, 0.3) is 6.08 Å². The molecule has 4 amide bonds. The third kappa shape index (κ3) is 8.51. The number of fused-ring (bicyclic) bond motifs is 3. The van der Waals surface area contributed by atoms with Crippen LogP contribution in [0, 0.1) is 11.8 Å². The molecule has 254 valence electrons. The van der Waals surface area contributed by atoms with E-state index in [1.807, 2.05) is 77.0 Å². The molecule has 2 unspecified atom stereocenters. The van der Waals surface area contributed by atoms with E-state index in [1.54, 1.807) is 31.4 Å². The first-order valence-corrected chi connectivity index (χ1v) is 16.4. The van der Waals surface area contributed by atoms with Crippen molar-refractivity contribution in [1.82, 2.24) is 25.8 Å². The van der Waals surface area contributed by atoms with Gasteiger partial charge in [0.2, 0.25) is 23.6 Å². The average Bonchev–Trinajstić information content (AvgIpc) is 3.47. The zero-order valence-corrected chi connectivity index (χ0v) is 28.5. The molecule has 1 fully saturated rings. The molecule has 0 saturated carbocycles. The Labute approximate surface area is 278 Å². The van der Waals surface area contributed by atoms with Crippen LogP contribution in [-0.4, -0.2) is 91.4 Å². The highest BCUT2D eigenvalue weighted by Crippen LogP contribution is 2.30. The third-order valence-electron chi connectivity index (χ3n) is 9.09. The minimum absolute atomic E-state index is 0.187. The molecule has 6 atom stereocenters. The lowest BCUT2D eigenvalue weighted by molar-refractivity contribution is -0.145. The van der Waals surface area contributed by atoms with Crippen molar-refractivity contribution in [2.75, 3.05) is 27.7 Å². The van der Waals surface area contributed by atoms with Gasteiger partial charge in [0, 0.05) is 24.7 Å². The van der Waals surface area contributed by atoms with E-state index < -0.39 is 36.2 Å². The summed E-state index contributed by atoms with van der Waals surface area (Å²) in [4.78, 5) is 58.9. The fraction of sp³-hybridized carbons (Fsp3) is 0.500. The lowest BCUT2D eigenvalue weighted by Crippen LogP contribution is -2.61. The number of hydrogen-bond donors (Lipinski definition) is 3. The molecular formula is C36H49N5O6. The molecule has 11 heteroatoms. The van der Waals surface area contributed by atoms with E-state index in [0.29, 0.717) is 36.3 Å². The number of ether oxygens (including phenoxy) is 2. The fourth-order valence-corrected chi connectivity index (χ4v) is 6.07. The highest BCUT2D eigenvalue weighted by atomic mass is 16.5. The normalized spacial score (nSPS) is 22.3. The zero-order valence-electron chi connectivity index (χ0n) is 28.5. The van der Waals surface area contributed by atoms with Gasteiger partial charge in [0.05, 0.1) is 13.2 Å². The monoisotopic (exact) mass is 647 g/mol. The molecule has 2 aliphatic rings. The highest BCUT2D eigenvalue weighted by Gasteiger charge is 2.47. The quantitative estimate of drug-likeness (QED) is 0.362. The van der Waals surface area contributed by atoms with Crippen LogP contribution in [-0.2, 0) is 25.6 Å². The van der Waals surface area contributed by atoms with Gasteiger partial charge in [-0.1, -0.05) is 64.4 Å². The summed E-state index contributed by atoms with van der Waals surface area (Å²) >= 11 is 0. The Morgan fingerprint density at radius 3 is 2.45 bits per heavy atom. The molecule has 3 N–H and O–H groups in total. The smallest absolute Gasteiger partial charge is 0.247 e. The summed E-state index contributed by atoms with van der Waals surface area (Å²) in [5.41, 5.74) is 1.69. The van der Waals surface area contributed by atoms with Crippen molar-refractivity contribution in [3.8, 4) is 11.5 Å². The number of nitrogens with one attached hydrogen (secondary N) is 3. The molecule has 2 aliphatic heterocycles. The number of rotatable bonds is 10. The van der Waals surface area contributed by atoms with Gasteiger partial charge in [0.15, 0.2) is 0 Å². The van der Waals surface area contributed by atoms with Crippen LogP contribution in [0.15, 0.2) is 54.7 Å². The maximum Gasteiger partial charge on any atom is 0.247 e. The van der Waals surface area contributed by atoms with Gasteiger partial charge in [-0.25, -0.2) is 0 Å². The molecule has 0 radical (unpaired) electrons. The van der Waals surface area contributed by atoms with E-state index in [1.165, 1.54) is 11.1 Å². The second kappa shape index (κ2) is 15.9. The predicted molar refractivity (Wildman–Crippen MR) is 180 cm³/mol. The standard InChI is InChI=1S/C36H49N5O6/c1-8-23(4)31-34(43)37-18-16-25-21-26(14-15-28(25)46-7)47-29-17-19-41(32(29)35(44)39-31)36(45)30(22(2)3)38-33(42)27(40(5)6)20-24-12-10-9-11-13-24/h9-16,18,21-23,27,29-32H,8,17,19-20H2,1-7H3,(H,37,43)(H,38,42)(H,39,44)/b18-16-/t23?,27-,29-,30-,31-,32?/m0/s1. The summed E-state index contributed by atoms with van der Waals surface area (Å²) in [6.45, 7) is 7.82. The second-order valence-electron chi connectivity index (χ2n) is 12.9. The number of nitrogens with zero attached hydrogens (tertiary/aromatic N) is 2. The van der Waals surface area contributed by atoms with Crippen molar-refractivity contribution >= 4 is 29.7 Å². The first kappa shape index (κ1) is 35.5. The summed E-state index contributed by atoms with van der Waals surface area (Å²) in [6.07, 6.45) is 4.04. The highest BCUT2D eigenvalue weighted by molar-refractivity contribution is 5.96. The first-order chi connectivity index (χ1) is 22.4. The predicted octanol–water partition coefficient (Wildman–Crippen LogP) is 2.99. The van der Waals surface area contributed by atoms with Gasteiger partial charge in [-0.2, -0.15) is 0 Å². The molecule has 2 heterocycles. The van der Waals surface area contributed by atoms with Gasteiger partial charge in [-0.05, 0) is 62.2 Å². The van der Waals surface area contributed by atoms with Crippen molar-refractivity contribution < 1.29 is 28.7 Å². The van der Waals surface area contributed by atoms with Crippen LogP contribution in [0.4, 0.5) is 0 Å². The average molecular weight is 648 g/mol. The molecule has 47 heavy (non-hydrogen) atoms. The Morgan fingerprint density at radius 2 is 1.81 bits per heavy atom. The van der Waals surface area contributed by atoms with Crippen molar-refractivity contribution in [2.45, 2.75) is 77.2 Å². The molecule has 0 aliphatic carbocycles. The summed E-state index contributed by atoms with van der Waals surface area (Å²) < 4.78 is 11.9. The van der Waals surface area contributed by atoms with Crippen LogP contribution >= 0.6 is 0 Å². The number of carbonyl (C=O) groups is 4. The summed E-state index contributed by atoms with van der Waals surface area (Å²) in [5, 5.41) is 8.74. The number of methoxy groups -OCH3 is 1. The summed E-state index contributed by atoms with van der Waals surface area (Å²) in [5.74, 6) is -0.869. The number of carbonyl (C=O) groups excluding carboxylic acids is 4. The van der Waals surface area contributed by atoms with Crippen molar-refractivity contribution in [1.29, 1.82) is 0 Å². The maximum absolute atomic E-state index is 14.4. The summed E-state index contributed by atoms with van der Waals surface area (Å²) in [6, 6.07) is 11.7. The fourth-order valence-electron chi connectivity index (χ4n) is 6.07. The van der Waals surface area contributed by atoms with Crippen LogP contribution in [0.1, 0.15) is 51.7 Å². The van der Waals surface area contributed by atoms with E-state index in [4.69, 9.17) is 9.47 Å². The van der Waals surface area contributed by atoms with E-state index in [-0.39, 0.29) is 36.1 Å². The lowest BCUT2D eigenvalue weighted by atomic mass is 9.97. The lowest BCUT2D eigenvalue weighted by Gasteiger charge is -2.34. The minimum Gasteiger partial charge on any atom is -0.496 e. The molecule has 2 bridgehead atoms. The minimum atomic E-state index is -1.03. The molecule has 4 rings (SSSR count). The zero-order chi connectivity index (χ0) is 34.2. The Kier molecular flexibility index (Phi) is 12.0. The number of likely N-dealkylation sites (tertiary alicyclic amines) is 1. The Bertz CT molecular complexity index is 1440. The molecule has 2 aromatic carbocycles. The molecule has 0 spiro atoms. The van der Waals surface area contributed by atoms with E-state index in [0.717, 1.165) is 5.56 Å². The molecular weight excluding hydrogens is 598 g/mol. The van der Waals surface area contributed by atoms with Crippen LogP contribution in [0.2, 0.25) is 0 Å². The van der Waals surface area contributed by atoms with Crippen LogP contribution in [0.5, 0.6) is 11.5 Å². The number of hydrogen-bond acceptors (Lipinski definition) is 7. The Morgan fingerprint density at radius 1 is 1.09 bits per heavy atom. The number of amides is 4. The molecule has 0 aromatic heterocycles. The van der Waals surface area contributed by atoms with Gasteiger partial charge in [0.25, 0.3) is 0 Å². The first-order valence-electron chi connectivity index (χ1n) is 16.4. The SMILES string of the molecule is CCC(C)[C@@H]1NC(=O)C2[C@H](CCN2C(=O)[C@@H](NC(=O)[C@H](Cc2ccccc2)N(C)C)C(C)C)Oc2ccc(OC)c(c2)/C=C\NC1=O. The largest absolute Gasteiger partial charge is 0.496 e. The molecule has 2 aromatic rings. The molecule has 1 saturated heterocycles. The topological polar surface area (TPSA) is 129 Å². The van der Waals surface area contributed by atoms with Gasteiger partial charge in [0.1, 0.15) is 35.7 Å². The second-order valence-corrected chi connectivity index (χ2v) is 12.9. The number of likely N-dealkylation sites (N-methyl/N-ethyl adjacent to an activating group) is 1. The van der Waals surface area contributed by atoms with Crippen LogP contribution in [0.3, 0.4) is 0 Å². The van der Waals surface area contributed by atoms with E-state index >= 15 is 0 Å². The van der Waals surface area contributed by atoms with Gasteiger partial charge in [-0.15, -0.1) is 0 Å². The van der Waals surface area contributed by atoms with Crippen molar-refractivity contribution in [2.24, 2.45) is 11.8 Å². The van der Waals surface area contributed by atoms with Crippen molar-refractivity contribution in [3.05, 3.63) is 65.9 Å². The van der Waals surface area contributed by atoms with Gasteiger partial charge < -0.3 is 30.3 Å². The summed E-state index contributed by atoms with van der Waals surface area (Å²) in [7, 11) is 5.23. The van der Waals surface area contributed by atoms with E-state index in [2.05, 4.69) is 16.0 Å². The van der Waals surface area contributed by atoms with Crippen LogP contribution < -0.4 is 25.4 Å². The Hall–Kier alpha value is -4.38. The van der Waals surface area contributed by atoms with Crippen molar-refractivity contribution in [3.63, 3.8) is 0 Å². The number of benzene rings is 2.